The van der Waals surface area contributed by atoms with Crippen molar-refractivity contribution in [3.05, 3.63) is 36.3 Å². The number of likely N-dealkylation sites (tertiary alicyclic amines) is 1. The average molecular weight is 604 g/mol. The van der Waals surface area contributed by atoms with Crippen LogP contribution >= 0.6 is 0 Å². The number of urea groups is 1. The molecular weight excluding hydrogens is 563 g/mol. The number of hydrogen-bond donors (Lipinski definition) is 2. The Morgan fingerprint density at radius 1 is 1.23 bits per heavy atom. The van der Waals surface area contributed by atoms with Gasteiger partial charge in [0.05, 0.1) is 12.3 Å². The van der Waals surface area contributed by atoms with E-state index in [1.807, 2.05) is 30.9 Å². The van der Waals surface area contributed by atoms with Crippen LogP contribution < -0.4 is 20.3 Å². The maximum atomic E-state index is 14.0. The molecule has 5 heterocycles. The molecule has 0 bridgehead atoms. The molecule has 0 saturated carbocycles. The lowest BCUT2D eigenvalue weighted by Crippen LogP contribution is -2.62. The lowest BCUT2D eigenvalue weighted by Gasteiger charge is -2.46. The lowest BCUT2D eigenvalue weighted by atomic mass is 9.98. The Labute approximate surface area is 250 Å². The van der Waals surface area contributed by atoms with Gasteiger partial charge in [-0.3, -0.25) is 9.78 Å². The van der Waals surface area contributed by atoms with Crippen molar-refractivity contribution in [2.45, 2.75) is 70.3 Å². The third kappa shape index (κ3) is 6.09. The highest BCUT2D eigenvalue weighted by Crippen LogP contribution is 2.43. The molecule has 13 heteroatoms. The Morgan fingerprint density at radius 3 is 2.70 bits per heavy atom. The molecule has 234 valence electrons. The second-order valence-corrected chi connectivity index (χ2v) is 11.6. The highest BCUT2D eigenvalue weighted by Gasteiger charge is 2.59. The number of hydrogen-bond acceptors (Lipinski definition) is 7. The van der Waals surface area contributed by atoms with Gasteiger partial charge in [-0.2, -0.15) is 13.2 Å². The molecule has 0 spiro atoms. The number of nitrogens with zero attached hydrogens (tertiary/aromatic N) is 5. The van der Waals surface area contributed by atoms with E-state index in [2.05, 4.69) is 15.6 Å². The number of alkyl halides is 3. The van der Waals surface area contributed by atoms with E-state index in [1.54, 1.807) is 18.5 Å². The van der Waals surface area contributed by atoms with Crippen LogP contribution in [-0.2, 0) is 0 Å². The van der Waals surface area contributed by atoms with Crippen molar-refractivity contribution >= 4 is 17.6 Å². The first kappa shape index (κ1) is 30.8. The van der Waals surface area contributed by atoms with Crippen LogP contribution in [-0.4, -0.2) is 101 Å². The largest absolute Gasteiger partial charge is 0.492 e. The Kier molecular flexibility index (Phi) is 9.00. The molecule has 2 aromatic rings. The van der Waals surface area contributed by atoms with Gasteiger partial charge in [0.25, 0.3) is 5.91 Å². The number of amides is 3. The number of aromatic nitrogens is 2. The maximum Gasteiger partial charge on any atom is 0.411 e. The number of nitrogens with one attached hydrogen (secondary N) is 2. The summed E-state index contributed by atoms with van der Waals surface area (Å²) in [6.07, 6.45) is 0.415. The van der Waals surface area contributed by atoms with Crippen molar-refractivity contribution in [3.8, 4) is 17.0 Å². The van der Waals surface area contributed by atoms with Crippen LogP contribution in [0.25, 0.3) is 11.3 Å². The molecule has 2 aromatic heterocycles. The standard InChI is InChI=1S/C30H40F3N7O3/c1-4-22-19-38(28(42)40-13-7-10-29(40,3)30(31,32)33)14-15-39(22)23-16-24(43-5-2)25(20-8-6-11-34-17-20)37-26(23)27(41)36-21-9-12-35-18-21/h6,8,11,16-17,21-22,35H,4-5,7,9-10,12-15,18-19H2,1-3H3,(H,36,41)/t21-,22-,29?/m1/s1. The SMILES string of the molecule is CCOc1cc(N2CCN(C(=O)N3CCCC3(C)C(F)(F)F)C[C@H]2CC)c(C(=O)N[C@@H]2CCNC2)nc1-c1cccnc1. The Bertz CT molecular complexity index is 1310. The number of pyridine rings is 2. The number of halogens is 3. The van der Waals surface area contributed by atoms with E-state index >= 15 is 0 Å². The third-order valence-electron chi connectivity index (χ3n) is 8.83. The molecule has 3 aliphatic rings. The normalized spacial score (nSPS) is 24.4. The summed E-state index contributed by atoms with van der Waals surface area (Å²) < 4.78 is 48.0. The summed E-state index contributed by atoms with van der Waals surface area (Å²) in [4.78, 5) is 40.9. The first-order chi connectivity index (χ1) is 20.6. The van der Waals surface area contributed by atoms with E-state index in [0.717, 1.165) is 24.8 Å². The van der Waals surface area contributed by atoms with Gasteiger partial charge in [0.2, 0.25) is 0 Å². The summed E-state index contributed by atoms with van der Waals surface area (Å²) in [6.45, 7) is 7.63. The smallest absolute Gasteiger partial charge is 0.411 e. The number of ether oxygens (including phenoxy) is 1. The minimum atomic E-state index is -4.51. The molecule has 0 radical (unpaired) electrons. The monoisotopic (exact) mass is 603 g/mol. The Hall–Kier alpha value is -3.61. The fourth-order valence-electron chi connectivity index (χ4n) is 6.31. The van der Waals surface area contributed by atoms with Gasteiger partial charge >= 0.3 is 12.2 Å². The Morgan fingerprint density at radius 2 is 2.05 bits per heavy atom. The molecule has 3 fully saturated rings. The van der Waals surface area contributed by atoms with E-state index in [0.29, 0.717) is 55.2 Å². The molecule has 10 nitrogen and oxygen atoms in total. The van der Waals surface area contributed by atoms with Crippen molar-refractivity contribution in [3.63, 3.8) is 0 Å². The van der Waals surface area contributed by atoms with Gasteiger partial charge in [0, 0.05) is 68.8 Å². The number of carbonyl (C=O) groups excluding carboxylic acids is 2. The molecule has 3 atom stereocenters. The van der Waals surface area contributed by atoms with Gasteiger partial charge < -0.3 is 30.1 Å². The topological polar surface area (TPSA) is 103 Å². The van der Waals surface area contributed by atoms with E-state index < -0.39 is 17.7 Å². The van der Waals surface area contributed by atoms with Crippen molar-refractivity contribution in [1.29, 1.82) is 0 Å². The molecule has 2 N–H and O–H groups in total. The van der Waals surface area contributed by atoms with E-state index in [1.165, 1.54) is 4.90 Å². The molecule has 0 aliphatic carbocycles. The fourth-order valence-corrected chi connectivity index (χ4v) is 6.31. The molecule has 1 unspecified atom stereocenters. The highest BCUT2D eigenvalue weighted by molar-refractivity contribution is 5.99. The highest BCUT2D eigenvalue weighted by atomic mass is 19.4. The van der Waals surface area contributed by atoms with Crippen LogP contribution in [0.15, 0.2) is 30.6 Å². The molecule has 5 rings (SSSR count). The third-order valence-corrected chi connectivity index (χ3v) is 8.83. The summed E-state index contributed by atoms with van der Waals surface area (Å²) in [6, 6.07) is 4.59. The first-order valence-corrected chi connectivity index (χ1v) is 15.1. The van der Waals surface area contributed by atoms with Gasteiger partial charge in [0.1, 0.15) is 17.0 Å². The molecule has 43 heavy (non-hydrogen) atoms. The zero-order valence-corrected chi connectivity index (χ0v) is 24.9. The Balaban J connectivity index is 1.48. The van der Waals surface area contributed by atoms with Crippen LogP contribution in [0.4, 0.5) is 23.7 Å². The van der Waals surface area contributed by atoms with Gasteiger partial charge in [-0.15, -0.1) is 0 Å². The minimum absolute atomic E-state index is 0.0320. The van der Waals surface area contributed by atoms with E-state index in [9.17, 15) is 22.8 Å². The van der Waals surface area contributed by atoms with Crippen LogP contribution in [0.2, 0.25) is 0 Å². The van der Waals surface area contributed by atoms with Gasteiger partial charge in [-0.05, 0) is 58.2 Å². The van der Waals surface area contributed by atoms with Gasteiger partial charge in [-0.25, -0.2) is 9.78 Å². The second-order valence-electron chi connectivity index (χ2n) is 11.6. The number of rotatable bonds is 7. The zero-order valence-electron chi connectivity index (χ0n) is 24.9. The number of anilines is 1. The number of carbonyl (C=O) groups is 2. The van der Waals surface area contributed by atoms with Crippen molar-refractivity contribution < 1.29 is 27.5 Å². The van der Waals surface area contributed by atoms with Crippen molar-refractivity contribution in [2.75, 3.05) is 50.8 Å². The summed E-state index contributed by atoms with van der Waals surface area (Å²) >= 11 is 0. The summed E-state index contributed by atoms with van der Waals surface area (Å²) in [5.41, 5.74) is -0.177. The molecule has 3 saturated heterocycles. The minimum Gasteiger partial charge on any atom is -0.492 e. The van der Waals surface area contributed by atoms with Crippen LogP contribution in [0.1, 0.15) is 56.9 Å². The van der Waals surface area contributed by atoms with Crippen molar-refractivity contribution in [1.82, 2.24) is 30.4 Å². The molecule has 0 aromatic carbocycles. The van der Waals surface area contributed by atoms with Gasteiger partial charge in [-0.1, -0.05) is 6.92 Å². The number of piperazine rings is 1. The van der Waals surface area contributed by atoms with Gasteiger partial charge in [0.15, 0.2) is 5.69 Å². The maximum absolute atomic E-state index is 14.0. The lowest BCUT2D eigenvalue weighted by molar-refractivity contribution is -0.210. The molecular formula is C30H40F3N7O3. The van der Waals surface area contributed by atoms with Crippen LogP contribution in [0, 0.1) is 0 Å². The summed E-state index contributed by atoms with van der Waals surface area (Å²) in [5.74, 6) is 0.180. The van der Waals surface area contributed by atoms with E-state index in [4.69, 9.17) is 9.72 Å². The molecule has 3 aliphatic heterocycles. The first-order valence-electron chi connectivity index (χ1n) is 15.1. The predicted molar refractivity (Wildman–Crippen MR) is 156 cm³/mol. The fraction of sp³-hybridized carbons (Fsp3) is 0.600. The van der Waals surface area contributed by atoms with Crippen LogP contribution in [0.3, 0.4) is 0 Å². The second kappa shape index (κ2) is 12.6. The average Bonchev–Trinajstić information content (AvgIpc) is 3.67. The quantitative estimate of drug-likeness (QED) is 0.492. The summed E-state index contributed by atoms with van der Waals surface area (Å²) in [7, 11) is 0. The van der Waals surface area contributed by atoms with Crippen molar-refractivity contribution in [2.24, 2.45) is 0 Å². The zero-order chi connectivity index (χ0) is 30.8. The molecule has 3 amide bonds. The summed E-state index contributed by atoms with van der Waals surface area (Å²) in [5, 5.41) is 6.35. The predicted octanol–water partition coefficient (Wildman–Crippen LogP) is 4.07. The van der Waals surface area contributed by atoms with Crippen LogP contribution in [0.5, 0.6) is 5.75 Å². The van der Waals surface area contributed by atoms with E-state index in [-0.39, 0.29) is 49.7 Å².